The summed E-state index contributed by atoms with van der Waals surface area (Å²) in [5, 5.41) is 13.3. The molecule has 118 valence electrons. The van der Waals surface area contributed by atoms with Crippen molar-refractivity contribution in [2.45, 2.75) is 25.9 Å². The number of carbonyl (C=O) groups is 1. The van der Waals surface area contributed by atoms with E-state index >= 15 is 0 Å². The molecule has 0 aliphatic heterocycles. The molecule has 0 atom stereocenters. The fourth-order valence-electron chi connectivity index (χ4n) is 2.66. The molecule has 1 aromatic carbocycles. The van der Waals surface area contributed by atoms with E-state index in [1.165, 1.54) is 10.9 Å². The molecule has 2 heterocycles. The zero-order valence-electron chi connectivity index (χ0n) is 12.7. The number of hydrogen-bond acceptors (Lipinski definition) is 3. The van der Waals surface area contributed by atoms with Crippen molar-refractivity contribution in [3.05, 3.63) is 60.0 Å². The first kappa shape index (κ1) is 15.2. The summed E-state index contributed by atoms with van der Waals surface area (Å²) in [6.45, 7) is -0.118. The van der Waals surface area contributed by atoms with Crippen molar-refractivity contribution in [1.82, 2.24) is 9.97 Å². The third-order valence-corrected chi connectivity index (χ3v) is 3.88. The van der Waals surface area contributed by atoms with Gasteiger partial charge in [0.25, 0.3) is 0 Å². The smallest absolute Gasteiger partial charge is 0.224 e. The molecule has 0 spiro atoms. The van der Waals surface area contributed by atoms with Crippen molar-refractivity contribution in [2.24, 2.45) is 0 Å². The first-order valence-corrected chi connectivity index (χ1v) is 7.66. The molecule has 0 bridgehead atoms. The second kappa shape index (κ2) is 7.07. The maximum atomic E-state index is 12.0. The minimum absolute atomic E-state index is 0.0625. The van der Waals surface area contributed by atoms with Gasteiger partial charge in [-0.25, -0.2) is 0 Å². The van der Waals surface area contributed by atoms with Crippen LogP contribution in [0, 0.1) is 0 Å². The van der Waals surface area contributed by atoms with E-state index in [2.05, 4.69) is 21.4 Å². The van der Waals surface area contributed by atoms with E-state index < -0.39 is 0 Å². The number of H-pyrrole nitrogens is 1. The van der Waals surface area contributed by atoms with E-state index in [9.17, 15) is 9.90 Å². The average Bonchev–Trinajstić information content (AvgIpc) is 2.99. The summed E-state index contributed by atoms with van der Waals surface area (Å²) in [7, 11) is 0. The highest BCUT2D eigenvalue weighted by molar-refractivity contribution is 5.91. The topological polar surface area (TPSA) is 78.0 Å². The number of aliphatic hydroxyl groups excluding tert-OH is 1. The van der Waals surface area contributed by atoms with E-state index in [1.54, 1.807) is 18.5 Å². The average molecular weight is 309 g/mol. The van der Waals surface area contributed by atoms with Crippen LogP contribution in [0.1, 0.15) is 24.0 Å². The molecule has 0 unspecified atom stereocenters. The third-order valence-electron chi connectivity index (χ3n) is 3.88. The lowest BCUT2D eigenvalue weighted by Gasteiger charge is -2.08. The number of pyridine rings is 1. The molecular formula is C18H19N3O2. The molecule has 1 amide bonds. The van der Waals surface area contributed by atoms with Crippen molar-refractivity contribution < 1.29 is 9.90 Å². The maximum Gasteiger partial charge on any atom is 0.224 e. The number of nitrogens with one attached hydrogen (secondary N) is 2. The molecule has 3 N–H and O–H groups in total. The van der Waals surface area contributed by atoms with Crippen molar-refractivity contribution in [3.8, 4) is 0 Å². The molecule has 23 heavy (non-hydrogen) atoms. The van der Waals surface area contributed by atoms with Gasteiger partial charge >= 0.3 is 0 Å². The van der Waals surface area contributed by atoms with Gasteiger partial charge in [-0.05, 0) is 30.5 Å². The molecule has 0 saturated heterocycles. The summed E-state index contributed by atoms with van der Waals surface area (Å²) in [5.41, 5.74) is 3.60. The Morgan fingerprint density at radius 1 is 1.22 bits per heavy atom. The lowest BCUT2D eigenvalue weighted by atomic mass is 10.1. The summed E-state index contributed by atoms with van der Waals surface area (Å²) in [4.78, 5) is 19.3. The predicted octanol–water partition coefficient (Wildman–Crippen LogP) is 3.02. The van der Waals surface area contributed by atoms with Crippen LogP contribution in [0.15, 0.2) is 48.9 Å². The Kier molecular flexibility index (Phi) is 4.68. The number of aryl methyl sites for hydroxylation is 1. The summed E-state index contributed by atoms with van der Waals surface area (Å²) >= 11 is 0. The largest absolute Gasteiger partial charge is 0.392 e. The molecule has 5 nitrogen and oxygen atoms in total. The van der Waals surface area contributed by atoms with Crippen LogP contribution in [0.3, 0.4) is 0 Å². The zero-order chi connectivity index (χ0) is 16.1. The number of nitrogens with zero attached hydrogens (tertiary/aromatic N) is 1. The molecule has 0 aliphatic rings. The molecule has 3 rings (SSSR count). The number of carbonyl (C=O) groups excluding carboxylic acids is 1. The molecule has 0 fully saturated rings. The minimum Gasteiger partial charge on any atom is -0.392 e. The lowest BCUT2D eigenvalue weighted by Crippen LogP contribution is -2.13. The Hall–Kier alpha value is -2.66. The molecule has 2 aromatic heterocycles. The summed E-state index contributed by atoms with van der Waals surface area (Å²) < 4.78 is 0. The van der Waals surface area contributed by atoms with Crippen LogP contribution in [0.25, 0.3) is 10.9 Å². The molecule has 3 aromatic rings. The molecule has 0 aliphatic carbocycles. The summed E-state index contributed by atoms with van der Waals surface area (Å²) in [6.07, 6.45) is 7.20. The fraction of sp³-hybridized carbons (Fsp3) is 0.222. The van der Waals surface area contributed by atoms with Gasteiger partial charge in [-0.1, -0.05) is 18.2 Å². The highest BCUT2D eigenvalue weighted by Crippen LogP contribution is 2.20. The number of aliphatic hydroxyl groups is 1. The number of aromatic amines is 1. The number of hydrogen-bond donors (Lipinski definition) is 3. The van der Waals surface area contributed by atoms with Gasteiger partial charge in [0.2, 0.25) is 5.91 Å². The maximum absolute atomic E-state index is 12.0. The van der Waals surface area contributed by atoms with E-state index in [0.717, 1.165) is 18.4 Å². The Balaban J connectivity index is 1.55. The SMILES string of the molecule is O=C(CCCc1c[nH]c2ccccc12)Nc1cnccc1CO. The van der Waals surface area contributed by atoms with E-state index in [4.69, 9.17) is 0 Å². The van der Waals surface area contributed by atoms with E-state index in [1.807, 2.05) is 24.4 Å². The van der Waals surface area contributed by atoms with Crippen molar-refractivity contribution >= 4 is 22.5 Å². The number of rotatable bonds is 6. The van der Waals surface area contributed by atoms with Gasteiger partial charge in [-0.2, -0.15) is 0 Å². The number of anilines is 1. The lowest BCUT2D eigenvalue weighted by molar-refractivity contribution is -0.116. The van der Waals surface area contributed by atoms with Crippen LogP contribution < -0.4 is 5.32 Å². The van der Waals surface area contributed by atoms with Gasteiger partial charge in [0, 0.05) is 35.3 Å². The molecule has 0 saturated carbocycles. The number of aromatic nitrogens is 2. The van der Waals surface area contributed by atoms with Crippen molar-refractivity contribution in [1.29, 1.82) is 0 Å². The van der Waals surface area contributed by atoms with Crippen molar-refractivity contribution in [3.63, 3.8) is 0 Å². The van der Waals surface area contributed by atoms with Crippen LogP contribution in [-0.4, -0.2) is 21.0 Å². The van der Waals surface area contributed by atoms with Crippen LogP contribution >= 0.6 is 0 Å². The van der Waals surface area contributed by atoms with Gasteiger partial charge in [-0.15, -0.1) is 0 Å². The number of benzene rings is 1. The normalized spacial score (nSPS) is 10.8. The Morgan fingerprint density at radius 3 is 2.96 bits per heavy atom. The quantitative estimate of drug-likeness (QED) is 0.655. The Bertz CT molecular complexity index is 811. The first-order chi connectivity index (χ1) is 11.3. The second-order valence-corrected chi connectivity index (χ2v) is 5.45. The zero-order valence-corrected chi connectivity index (χ0v) is 12.7. The Morgan fingerprint density at radius 2 is 2.09 bits per heavy atom. The Labute approximate surface area is 134 Å². The number of amides is 1. The number of para-hydroxylation sites is 1. The first-order valence-electron chi connectivity index (χ1n) is 7.66. The highest BCUT2D eigenvalue weighted by atomic mass is 16.3. The van der Waals surface area contributed by atoms with Crippen LogP contribution in [0.5, 0.6) is 0 Å². The fourth-order valence-corrected chi connectivity index (χ4v) is 2.66. The monoisotopic (exact) mass is 309 g/mol. The van der Waals surface area contributed by atoms with Crippen LogP contribution in [0.4, 0.5) is 5.69 Å². The molecule has 5 heteroatoms. The van der Waals surface area contributed by atoms with Gasteiger partial charge in [0.05, 0.1) is 18.5 Å². The van der Waals surface area contributed by atoms with Gasteiger partial charge in [0.15, 0.2) is 0 Å². The van der Waals surface area contributed by atoms with E-state index in [-0.39, 0.29) is 12.5 Å². The van der Waals surface area contributed by atoms with Gasteiger partial charge < -0.3 is 15.4 Å². The van der Waals surface area contributed by atoms with Gasteiger partial charge in [-0.3, -0.25) is 9.78 Å². The van der Waals surface area contributed by atoms with Gasteiger partial charge in [0.1, 0.15) is 0 Å². The highest BCUT2D eigenvalue weighted by Gasteiger charge is 2.08. The minimum atomic E-state index is -0.118. The number of fused-ring (bicyclic) bond motifs is 1. The second-order valence-electron chi connectivity index (χ2n) is 5.45. The third kappa shape index (κ3) is 3.57. The molecular weight excluding hydrogens is 290 g/mol. The van der Waals surface area contributed by atoms with Crippen LogP contribution in [0.2, 0.25) is 0 Å². The standard InChI is InChI=1S/C18H19N3O2/c22-12-14-8-9-19-11-17(14)21-18(23)7-3-4-13-10-20-16-6-2-1-5-15(13)16/h1-2,5-6,8-11,20,22H,3-4,7,12H2,(H,21,23). The van der Waals surface area contributed by atoms with Crippen molar-refractivity contribution in [2.75, 3.05) is 5.32 Å². The summed E-state index contributed by atoms with van der Waals surface area (Å²) in [6, 6.07) is 9.85. The summed E-state index contributed by atoms with van der Waals surface area (Å²) in [5.74, 6) is -0.0625. The predicted molar refractivity (Wildman–Crippen MR) is 90.0 cm³/mol. The van der Waals surface area contributed by atoms with E-state index in [0.29, 0.717) is 17.7 Å². The van der Waals surface area contributed by atoms with Crippen LogP contribution in [-0.2, 0) is 17.8 Å². The molecule has 0 radical (unpaired) electrons.